The topological polar surface area (TPSA) is 54.1 Å². The van der Waals surface area contributed by atoms with Crippen LogP contribution < -0.4 is 5.32 Å². The van der Waals surface area contributed by atoms with E-state index in [1.165, 1.54) is 0 Å². The standard InChI is InChI=1S/C14H15BrN2O2/c1-19-9-11-4-2-3-10(5-11)7-17-14(18)13-6-12(15)8-16-13/h2-6,8,16H,7,9H2,1H3,(H,17,18). The number of hydrogen-bond donors (Lipinski definition) is 2. The van der Waals surface area contributed by atoms with Gasteiger partial charge in [-0.15, -0.1) is 0 Å². The molecule has 0 spiro atoms. The number of H-pyrrole nitrogens is 1. The summed E-state index contributed by atoms with van der Waals surface area (Å²) < 4.78 is 5.94. The van der Waals surface area contributed by atoms with E-state index in [0.717, 1.165) is 15.6 Å². The fourth-order valence-corrected chi connectivity index (χ4v) is 2.12. The minimum Gasteiger partial charge on any atom is -0.380 e. The van der Waals surface area contributed by atoms with Crippen LogP contribution >= 0.6 is 15.9 Å². The molecule has 5 heteroatoms. The first-order valence-electron chi connectivity index (χ1n) is 5.88. The van der Waals surface area contributed by atoms with Gasteiger partial charge in [0.25, 0.3) is 5.91 Å². The Morgan fingerprint density at radius 2 is 2.16 bits per heavy atom. The van der Waals surface area contributed by atoms with E-state index < -0.39 is 0 Å². The van der Waals surface area contributed by atoms with Crippen LogP contribution in [-0.2, 0) is 17.9 Å². The number of methoxy groups -OCH3 is 1. The van der Waals surface area contributed by atoms with E-state index in [2.05, 4.69) is 26.2 Å². The summed E-state index contributed by atoms with van der Waals surface area (Å²) in [5.74, 6) is -0.122. The van der Waals surface area contributed by atoms with Crippen molar-refractivity contribution < 1.29 is 9.53 Å². The first-order chi connectivity index (χ1) is 9.19. The molecule has 0 aliphatic carbocycles. The van der Waals surface area contributed by atoms with Gasteiger partial charge in [-0.3, -0.25) is 4.79 Å². The number of aromatic amines is 1. The highest BCUT2D eigenvalue weighted by Crippen LogP contribution is 2.11. The van der Waals surface area contributed by atoms with Crippen molar-refractivity contribution in [3.8, 4) is 0 Å². The molecule has 0 saturated heterocycles. The Morgan fingerprint density at radius 3 is 2.84 bits per heavy atom. The fraction of sp³-hybridized carbons (Fsp3) is 0.214. The number of ether oxygens (including phenoxy) is 1. The molecule has 1 heterocycles. The van der Waals surface area contributed by atoms with Crippen LogP contribution in [0.3, 0.4) is 0 Å². The molecular formula is C14H15BrN2O2. The lowest BCUT2D eigenvalue weighted by molar-refractivity contribution is 0.0946. The van der Waals surface area contributed by atoms with Crippen LogP contribution in [-0.4, -0.2) is 18.0 Å². The Labute approximate surface area is 120 Å². The van der Waals surface area contributed by atoms with E-state index in [1.807, 2.05) is 24.3 Å². The lowest BCUT2D eigenvalue weighted by Crippen LogP contribution is -2.23. The van der Waals surface area contributed by atoms with Gasteiger partial charge in [0.1, 0.15) is 5.69 Å². The van der Waals surface area contributed by atoms with Gasteiger partial charge < -0.3 is 15.0 Å². The third kappa shape index (κ3) is 3.94. The quantitative estimate of drug-likeness (QED) is 0.889. The summed E-state index contributed by atoms with van der Waals surface area (Å²) >= 11 is 3.30. The van der Waals surface area contributed by atoms with Crippen molar-refractivity contribution >= 4 is 21.8 Å². The van der Waals surface area contributed by atoms with E-state index >= 15 is 0 Å². The highest BCUT2D eigenvalue weighted by Gasteiger charge is 2.07. The lowest BCUT2D eigenvalue weighted by Gasteiger charge is -2.06. The molecule has 100 valence electrons. The molecule has 0 saturated carbocycles. The van der Waals surface area contributed by atoms with Crippen molar-refractivity contribution in [1.82, 2.24) is 10.3 Å². The molecule has 2 rings (SSSR count). The Morgan fingerprint density at radius 1 is 1.37 bits per heavy atom. The second kappa shape index (κ2) is 6.54. The van der Waals surface area contributed by atoms with Crippen LogP contribution in [0.5, 0.6) is 0 Å². The number of carbonyl (C=O) groups is 1. The lowest BCUT2D eigenvalue weighted by atomic mass is 10.1. The highest BCUT2D eigenvalue weighted by molar-refractivity contribution is 9.10. The first kappa shape index (κ1) is 13.8. The number of rotatable bonds is 5. The van der Waals surface area contributed by atoms with Crippen LogP contribution in [0.15, 0.2) is 41.0 Å². The van der Waals surface area contributed by atoms with Gasteiger partial charge in [0.05, 0.1) is 6.61 Å². The summed E-state index contributed by atoms with van der Waals surface area (Å²) in [6.45, 7) is 1.07. The molecule has 0 radical (unpaired) electrons. The van der Waals surface area contributed by atoms with Crippen LogP contribution in [0, 0.1) is 0 Å². The Bertz CT molecular complexity index is 566. The van der Waals surface area contributed by atoms with Crippen molar-refractivity contribution in [2.24, 2.45) is 0 Å². The molecule has 4 nitrogen and oxygen atoms in total. The van der Waals surface area contributed by atoms with Crippen molar-refractivity contribution in [3.05, 3.63) is 57.8 Å². The van der Waals surface area contributed by atoms with Crippen molar-refractivity contribution in [2.45, 2.75) is 13.2 Å². The molecule has 2 aromatic rings. The molecule has 1 aromatic heterocycles. The maximum atomic E-state index is 11.9. The smallest absolute Gasteiger partial charge is 0.267 e. The van der Waals surface area contributed by atoms with Crippen molar-refractivity contribution in [1.29, 1.82) is 0 Å². The Balaban J connectivity index is 1.95. The maximum absolute atomic E-state index is 11.9. The maximum Gasteiger partial charge on any atom is 0.267 e. The van der Waals surface area contributed by atoms with E-state index in [4.69, 9.17) is 4.74 Å². The van der Waals surface area contributed by atoms with E-state index in [1.54, 1.807) is 19.4 Å². The molecule has 1 aromatic carbocycles. The zero-order valence-corrected chi connectivity index (χ0v) is 12.2. The molecule has 19 heavy (non-hydrogen) atoms. The second-order valence-electron chi connectivity index (χ2n) is 4.17. The predicted molar refractivity (Wildman–Crippen MR) is 76.8 cm³/mol. The number of hydrogen-bond acceptors (Lipinski definition) is 2. The molecule has 1 amide bonds. The van der Waals surface area contributed by atoms with E-state index in [-0.39, 0.29) is 5.91 Å². The highest BCUT2D eigenvalue weighted by atomic mass is 79.9. The number of halogens is 1. The molecule has 0 unspecified atom stereocenters. The SMILES string of the molecule is COCc1cccc(CNC(=O)c2cc(Br)c[nH]2)c1. The van der Waals surface area contributed by atoms with Crippen molar-refractivity contribution in [2.75, 3.05) is 7.11 Å². The van der Waals surface area contributed by atoms with Gasteiger partial charge in [0.2, 0.25) is 0 Å². The van der Waals surface area contributed by atoms with Gasteiger partial charge in [-0.1, -0.05) is 24.3 Å². The number of nitrogens with one attached hydrogen (secondary N) is 2. The molecule has 0 fully saturated rings. The molecular weight excluding hydrogens is 308 g/mol. The summed E-state index contributed by atoms with van der Waals surface area (Å²) in [5.41, 5.74) is 2.69. The largest absolute Gasteiger partial charge is 0.380 e. The third-order valence-electron chi connectivity index (χ3n) is 2.65. The summed E-state index contributed by atoms with van der Waals surface area (Å²) in [7, 11) is 1.66. The summed E-state index contributed by atoms with van der Waals surface area (Å²) in [6.07, 6.45) is 1.73. The van der Waals surface area contributed by atoms with Gasteiger partial charge in [-0.2, -0.15) is 0 Å². The predicted octanol–water partition coefficient (Wildman–Crippen LogP) is 2.85. The van der Waals surface area contributed by atoms with Gasteiger partial charge in [0, 0.05) is 24.3 Å². The minimum atomic E-state index is -0.122. The summed E-state index contributed by atoms with van der Waals surface area (Å²) in [4.78, 5) is 14.7. The molecule has 0 aliphatic heterocycles. The summed E-state index contributed by atoms with van der Waals surface area (Å²) in [5, 5.41) is 2.87. The monoisotopic (exact) mass is 322 g/mol. The van der Waals surface area contributed by atoms with Crippen LogP contribution in [0.4, 0.5) is 0 Å². The average molecular weight is 323 g/mol. The van der Waals surface area contributed by atoms with Gasteiger partial charge >= 0.3 is 0 Å². The zero-order chi connectivity index (χ0) is 13.7. The zero-order valence-electron chi connectivity index (χ0n) is 10.6. The van der Waals surface area contributed by atoms with Gasteiger partial charge in [-0.25, -0.2) is 0 Å². The number of benzene rings is 1. The minimum absolute atomic E-state index is 0.122. The van der Waals surface area contributed by atoms with E-state index in [9.17, 15) is 4.79 Å². The van der Waals surface area contributed by atoms with Crippen LogP contribution in [0.25, 0.3) is 0 Å². The Kier molecular flexibility index (Phi) is 4.76. The second-order valence-corrected chi connectivity index (χ2v) is 5.08. The molecule has 0 aliphatic rings. The van der Waals surface area contributed by atoms with Gasteiger partial charge in [0.15, 0.2) is 0 Å². The third-order valence-corrected chi connectivity index (χ3v) is 3.11. The van der Waals surface area contributed by atoms with Crippen molar-refractivity contribution in [3.63, 3.8) is 0 Å². The first-order valence-corrected chi connectivity index (χ1v) is 6.67. The molecule has 2 N–H and O–H groups in total. The number of carbonyl (C=O) groups excluding carboxylic acids is 1. The van der Waals surface area contributed by atoms with Crippen LogP contribution in [0.1, 0.15) is 21.6 Å². The number of amides is 1. The molecule has 0 atom stereocenters. The summed E-state index contributed by atoms with van der Waals surface area (Å²) in [6, 6.07) is 9.70. The molecule has 0 bridgehead atoms. The van der Waals surface area contributed by atoms with Crippen LogP contribution in [0.2, 0.25) is 0 Å². The average Bonchev–Trinajstić information content (AvgIpc) is 2.84. The van der Waals surface area contributed by atoms with E-state index in [0.29, 0.717) is 18.8 Å². The fourth-order valence-electron chi connectivity index (χ4n) is 1.77. The normalized spacial score (nSPS) is 10.4. The Hall–Kier alpha value is -1.59. The number of aromatic nitrogens is 1. The van der Waals surface area contributed by atoms with Gasteiger partial charge in [-0.05, 0) is 33.1 Å².